The number of benzene rings is 2. The summed E-state index contributed by atoms with van der Waals surface area (Å²) in [6.45, 7) is 4.07. The van der Waals surface area contributed by atoms with E-state index in [1.54, 1.807) is 6.92 Å². The monoisotopic (exact) mass is 855 g/mol. The molecule has 0 fully saturated rings. The fourth-order valence-electron chi connectivity index (χ4n) is 5.96. The smallest absolute Gasteiger partial charge is 0.326 e. The average Bonchev–Trinajstić information content (AvgIpc) is 3.21. The number of nitrogens with zero attached hydrogens (tertiary/aromatic N) is 1. The number of primary amides is 1. The third-order valence-corrected chi connectivity index (χ3v) is 9.76. The Bertz CT molecular complexity index is 1810. The fraction of sp³-hybridized carbons (Fsp3) is 0.500. The second kappa shape index (κ2) is 25.9. The van der Waals surface area contributed by atoms with Crippen LogP contribution in [0.3, 0.4) is 0 Å². The molecule has 0 aliphatic carbocycles. The van der Waals surface area contributed by atoms with E-state index in [9.17, 15) is 48.9 Å². The summed E-state index contributed by atoms with van der Waals surface area (Å²) in [4.78, 5) is 96.4. The Labute approximate surface area is 354 Å². The van der Waals surface area contributed by atoms with E-state index in [0.717, 1.165) is 0 Å². The number of nitrogens with two attached hydrogens (primary N) is 5. The van der Waals surface area contributed by atoms with Gasteiger partial charge in [-0.05, 0) is 80.0 Å². The highest BCUT2D eigenvalue weighted by atomic mass is 16.4. The summed E-state index contributed by atoms with van der Waals surface area (Å²) in [6, 6.07) is 3.27. The Hall–Kier alpha value is -6.48. The van der Waals surface area contributed by atoms with Gasteiger partial charge in [0.15, 0.2) is 5.96 Å². The lowest BCUT2D eigenvalue weighted by Crippen LogP contribution is -2.60. The number of carbonyl (C=O) groups is 7. The number of aliphatic carboxylic acids is 1. The number of guanidine groups is 1. The summed E-state index contributed by atoms with van der Waals surface area (Å²) in [5, 5.41) is 42.2. The Morgan fingerprint density at radius 3 is 1.44 bits per heavy atom. The van der Waals surface area contributed by atoms with Crippen LogP contribution in [0.1, 0.15) is 69.9 Å². The van der Waals surface area contributed by atoms with Crippen molar-refractivity contribution in [3.8, 4) is 11.5 Å². The Balaban J connectivity index is 2.53. The third kappa shape index (κ3) is 18.5. The van der Waals surface area contributed by atoms with Crippen LogP contribution in [0.25, 0.3) is 0 Å². The van der Waals surface area contributed by atoms with Crippen LogP contribution in [-0.4, -0.2) is 112 Å². The average molecular weight is 856 g/mol. The summed E-state index contributed by atoms with van der Waals surface area (Å²) in [6.07, 6.45) is 0.726. The van der Waals surface area contributed by atoms with Gasteiger partial charge >= 0.3 is 5.97 Å². The van der Waals surface area contributed by atoms with E-state index < -0.39 is 84.1 Å². The molecule has 0 heterocycles. The van der Waals surface area contributed by atoms with Crippen molar-refractivity contribution >= 4 is 47.4 Å². The van der Waals surface area contributed by atoms with Gasteiger partial charge in [-0.3, -0.25) is 33.8 Å². The predicted molar refractivity (Wildman–Crippen MR) is 225 cm³/mol. The molecule has 6 amide bonds. The molecule has 0 aliphatic rings. The molecular weight excluding hydrogens is 795 g/mol. The lowest BCUT2D eigenvalue weighted by molar-refractivity contribution is -0.143. The number of aliphatic imine (C=N–C) groups is 1. The third-order valence-electron chi connectivity index (χ3n) is 9.76. The molecule has 18 N–H and O–H groups in total. The molecule has 2 aromatic rings. The quantitative estimate of drug-likeness (QED) is 0.0258. The molecule has 0 saturated carbocycles. The maximum Gasteiger partial charge on any atom is 0.326 e. The predicted octanol–water partition coefficient (Wildman–Crippen LogP) is -2.18. The van der Waals surface area contributed by atoms with Crippen molar-refractivity contribution in [2.45, 2.75) is 108 Å². The fourth-order valence-corrected chi connectivity index (χ4v) is 5.96. The Kier molecular flexibility index (Phi) is 21.5. The van der Waals surface area contributed by atoms with E-state index in [4.69, 9.17) is 28.7 Å². The molecule has 0 bridgehead atoms. The zero-order valence-corrected chi connectivity index (χ0v) is 34.5. The largest absolute Gasteiger partial charge is 0.508 e. The second-order valence-corrected chi connectivity index (χ2v) is 14.7. The maximum absolute atomic E-state index is 14.2. The first-order valence-corrected chi connectivity index (χ1v) is 19.9. The zero-order chi connectivity index (χ0) is 45.6. The minimum absolute atomic E-state index is 0.0416. The number of rotatable bonds is 27. The second-order valence-electron chi connectivity index (χ2n) is 14.7. The van der Waals surface area contributed by atoms with Crippen molar-refractivity contribution in [2.75, 3.05) is 13.1 Å². The van der Waals surface area contributed by atoms with Gasteiger partial charge in [0.05, 0.1) is 12.5 Å². The normalized spacial score (nSPS) is 14.4. The topological polar surface area (TPSA) is 383 Å². The molecule has 0 saturated heterocycles. The van der Waals surface area contributed by atoms with Crippen LogP contribution in [0.15, 0.2) is 53.5 Å². The summed E-state index contributed by atoms with van der Waals surface area (Å²) in [5.74, 6) is -7.17. The molecule has 0 aromatic heterocycles. The van der Waals surface area contributed by atoms with Gasteiger partial charge in [-0.1, -0.05) is 44.5 Å². The highest BCUT2D eigenvalue weighted by Crippen LogP contribution is 2.15. The Morgan fingerprint density at radius 2 is 1.03 bits per heavy atom. The number of unbranched alkanes of at least 4 members (excludes halogenated alkanes) is 1. The van der Waals surface area contributed by atoms with Crippen LogP contribution in [-0.2, 0) is 46.4 Å². The molecule has 336 valence electrons. The van der Waals surface area contributed by atoms with E-state index in [0.29, 0.717) is 36.9 Å². The van der Waals surface area contributed by atoms with E-state index in [1.807, 2.05) is 6.92 Å². The molecule has 0 radical (unpaired) electrons. The van der Waals surface area contributed by atoms with Crippen molar-refractivity contribution in [2.24, 2.45) is 39.6 Å². The van der Waals surface area contributed by atoms with Gasteiger partial charge in [0.2, 0.25) is 35.4 Å². The summed E-state index contributed by atoms with van der Waals surface area (Å²) >= 11 is 0. The van der Waals surface area contributed by atoms with Gasteiger partial charge in [-0.2, -0.15) is 0 Å². The molecule has 0 unspecified atom stereocenters. The van der Waals surface area contributed by atoms with E-state index in [1.165, 1.54) is 48.5 Å². The number of carbonyl (C=O) groups excluding carboxylic acids is 6. The van der Waals surface area contributed by atoms with Gasteiger partial charge < -0.3 is 70.6 Å². The molecule has 2 rings (SSSR count). The number of phenols is 2. The standard InChI is InChI=1S/C40H61N11O10/c1-3-22(2)33(43)38(59)48-27(7-4-5-17-41)34(55)47-28(8-6-18-46-40(44)45)35(56)49-29(19-23-9-13-25(52)14-10-23)36(57)50-30(20-24-11-15-26(53)16-12-24)37(58)51-31(39(60)61)21-32(42)54/h9-16,22,27-31,33,52-53H,3-8,17-21,41,43H2,1-2H3,(H2,42,54)(H,47,55)(H,48,59)(H,49,56)(H,50,57)(H,51,58)(H,60,61)(H4,44,45,46)/t22-,27-,28-,29-,30-,31-,33-/m0/s1. The number of carboxylic acid groups (broad SMARTS) is 1. The molecule has 0 spiro atoms. The number of phenolic OH excluding ortho intramolecular Hbond substituents is 2. The Morgan fingerprint density at radius 1 is 0.623 bits per heavy atom. The van der Waals surface area contributed by atoms with Crippen LogP contribution in [0.5, 0.6) is 11.5 Å². The first kappa shape index (κ1) is 50.7. The molecule has 7 atom stereocenters. The molecular formula is C40H61N11O10. The van der Waals surface area contributed by atoms with Crippen LogP contribution >= 0.6 is 0 Å². The number of aromatic hydroxyl groups is 2. The van der Waals surface area contributed by atoms with Crippen LogP contribution in [0, 0.1) is 5.92 Å². The molecule has 21 nitrogen and oxygen atoms in total. The summed E-state index contributed by atoms with van der Waals surface area (Å²) < 4.78 is 0. The number of hydrogen-bond donors (Lipinski definition) is 13. The van der Waals surface area contributed by atoms with E-state index >= 15 is 0 Å². The summed E-state index contributed by atoms with van der Waals surface area (Å²) in [5.41, 5.74) is 28.9. The SMILES string of the molecule is CC[C@H](C)[C@H](N)C(=O)N[C@@H](CCCCN)C(=O)N[C@@H](CCCN=C(N)N)C(=O)N[C@@H](Cc1ccc(O)cc1)C(=O)N[C@@H](Cc1ccc(O)cc1)C(=O)N[C@@H](CC(N)=O)C(=O)O. The van der Waals surface area contributed by atoms with Gasteiger partial charge in [0, 0.05) is 19.4 Å². The number of carboxylic acids is 1. The molecule has 0 aliphatic heterocycles. The van der Waals surface area contributed by atoms with E-state index in [2.05, 4.69) is 31.6 Å². The maximum atomic E-state index is 14.2. The van der Waals surface area contributed by atoms with E-state index in [-0.39, 0.29) is 62.0 Å². The lowest BCUT2D eigenvalue weighted by Gasteiger charge is -2.28. The minimum atomic E-state index is -1.74. The van der Waals surface area contributed by atoms with Crippen LogP contribution in [0.2, 0.25) is 0 Å². The first-order chi connectivity index (χ1) is 28.8. The van der Waals surface area contributed by atoms with Crippen molar-refractivity contribution < 1.29 is 48.9 Å². The van der Waals surface area contributed by atoms with Crippen molar-refractivity contribution in [3.63, 3.8) is 0 Å². The lowest BCUT2D eigenvalue weighted by atomic mass is 9.98. The van der Waals surface area contributed by atoms with Gasteiger partial charge in [0.25, 0.3) is 0 Å². The summed E-state index contributed by atoms with van der Waals surface area (Å²) in [7, 11) is 0. The number of hydrogen-bond acceptors (Lipinski definition) is 12. The van der Waals surface area contributed by atoms with Crippen molar-refractivity contribution in [3.05, 3.63) is 59.7 Å². The van der Waals surface area contributed by atoms with Crippen LogP contribution in [0.4, 0.5) is 0 Å². The van der Waals surface area contributed by atoms with Gasteiger partial charge in [-0.15, -0.1) is 0 Å². The van der Waals surface area contributed by atoms with Gasteiger partial charge in [0.1, 0.15) is 41.7 Å². The highest BCUT2D eigenvalue weighted by molar-refractivity contribution is 5.97. The van der Waals surface area contributed by atoms with Crippen molar-refractivity contribution in [1.82, 2.24) is 26.6 Å². The first-order valence-electron chi connectivity index (χ1n) is 19.9. The molecule has 21 heteroatoms. The molecule has 2 aromatic carbocycles. The highest BCUT2D eigenvalue weighted by Gasteiger charge is 2.34. The minimum Gasteiger partial charge on any atom is -0.508 e. The number of nitrogens with one attached hydrogen (secondary N) is 5. The van der Waals surface area contributed by atoms with Crippen molar-refractivity contribution in [1.29, 1.82) is 0 Å². The van der Waals surface area contributed by atoms with Gasteiger partial charge in [-0.25, -0.2) is 4.79 Å². The number of amides is 6. The molecule has 61 heavy (non-hydrogen) atoms. The zero-order valence-electron chi connectivity index (χ0n) is 34.5. The van der Waals surface area contributed by atoms with Crippen LogP contribution < -0.4 is 55.3 Å².